The molecule has 1 aliphatic rings. The second kappa shape index (κ2) is 7.94. The average molecular weight is 451 g/mol. The van der Waals surface area contributed by atoms with E-state index in [0.29, 0.717) is 21.1 Å². The van der Waals surface area contributed by atoms with Crippen molar-refractivity contribution in [1.29, 1.82) is 0 Å². The lowest BCUT2D eigenvalue weighted by Crippen LogP contribution is -2.43. The summed E-state index contributed by atoms with van der Waals surface area (Å²) in [5, 5.41) is 3.12. The lowest BCUT2D eigenvalue weighted by Gasteiger charge is -2.39. The molecule has 1 fully saturated rings. The van der Waals surface area contributed by atoms with Crippen molar-refractivity contribution in [3.8, 4) is 11.1 Å². The second-order valence-corrected chi connectivity index (χ2v) is 9.02. The summed E-state index contributed by atoms with van der Waals surface area (Å²) in [6.07, 6.45) is 2.44. The summed E-state index contributed by atoms with van der Waals surface area (Å²) in [5.74, 6) is 0.0536. The SMILES string of the molecule is O=C(OCc1nc2scc(-c3ccccc3)c2c(=O)[nH]1)C1(c2ccc(Cl)cc2)CCC1. The van der Waals surface area contributed by atoms with Gasteiger partial charge in [0.25, 0.3) is 5.56 Å². The number of halogens is 1. The quantitative estimate of drug-likeness (QED) is 0.409. The highest BCUT2D eigenvalue weighted by molar-refractivity contribution is 7.17. The molecule has 0 bridgehead atoms. The van der Waals surface area contributed by atoms with Crippen LogP contribution in [-0.2, 0) is 21.6 Å². The van der Waals surface area contributed by atoms with Crippen LogP contribution in [0.5, 0.6) is 0 Å². The van der Waals surface area contributed by atoms with Gasteiger partial charge in [-0.05, 0) is 36.1 Å². The summed E-state index contributed by atoms with van der Waals surface area (Å²) < 4.78 is 5.62. The van der Waals surface area contributed by atoms with E-state index in [1.807, 2.05) is 47.8 Å². The van der Waals surface area contributed by atoms with Gasteiger partial charge in [-0.1, -0.05) is 60.5 Å². The van der Waals surface area contributed by atoms with Gasteiger partial charge in [-0.15, -0.1) is 11.3 Å². The number of nitrogens with one attached hydrogen (secondary N) is 1. The standard InChI is InChI=1S/C24H19ClN2O3S/c25-17-9-7-16(8-10-17)24(11-4-12-24)23(29)30-13-19-26-21(28)20-18(14-31-22(20)27-19)15-5-2-1-3-6-15/h1-3,5-10,14H,4,11-13H2,(H,26,27,28). The first-order chi connectivity index (χ1) is 15.1. The van der Waals surface area contributed by atoms with Crippen LogP contribution in [0, 0.1) is 0 Å². The molecule has 2 aromatic heterocycles. The molecular formula is C24H19ClN2O3S. The lowest BCUT2D eigenvalue weighted by molar-refractivity contribution is -0.156. The van der Waals surface area contributed by atoms with Crippen molar-refractivity contribution in [2.24, 2.45) is 0 Å². The molecule has 156 valence electrons. The molecule has 2 aromatic carbocycles. The van der Waals surface area contributed by atoms with Gasteiger partial charge in [-0.3, -0.25) is 9.59 Å². The number of benzene rings is 2. The van der Waals surface area contributed by atoms with Crippen molar-refractivity contribution in [2.45, 2.75) is 31.3 Å². The zero-order valence-electron chi connectivity index (χ0n) is 16.6. The summed E-state index contributed by atoms with van der Waals surface area (Å²) in [5.41, 5.74) is 1.87. The maximum absolute atomic E-state index is 13.0. The zero-order valence-corrected chi connectivity index (χ0v) is 18.1. The Hall–Kier alpha value is -2.96. The fourth-order valence-electron chi connectivity index (χ4n) is 4.07. The Kier molecular flexibility index (Phi) is 5.12. The molecule has 1 aliphatic carbocycles. The third kappa shape index (κ3) is 3.56. The summed E-state index contributed by atoms with van der Waals surface area (Å²) in [6.45, 7) is -0.0715. The van der Waals surface area contributed by atoms with E-state index in [0.717, 1.165) is 36.0 Å². The minimum atomic E-state index is -0.640. The first-order valence-corrected chi connectivity index (χ1v) is 11.3. The van der Waals surface area contributed by atoms with Gasteiger partial charge in [0.15, 0.2) is 0 Å². The predicted molar refractivity (Wildman–Crippen MR) is 122 cm³/mol. The zero-order chi connectivity index (χ0) is 21.4. The number of aromatic amines is 1. The molecule has 7 heteroatoms. The van der Waals surface area contributed by atoms with Crippen LogP contribution >= 0.6 is 22.9 Å². The Morgan fingerprint density at radius 2 is 1.87 bits per heavy atom. The number of fused-ring (bicyclic) bond motifs is 1. The number of rotatable bonds is 5. The molecule has 0 unspecified atom stereocenters. The maximum atomic E-state index is 13.0. The number of aromatic nitrogens is 2. The van der Waals surface area contributed by atoms with Crippen molar-refractivity contribution in [2.75, 3.05) is 0 Å². The Morgan fingerprint density at radius 1 is 1.13 bits per heavy atom. The Labute approximate surface area is 187 Å². The lowest BCUT2D eigenvalue weighted by atomic mass is 9.64. The van der Waals surface area contributed by atoms with Crippen LogP contribution in [0.3, 0.4) is 0 Å². The molecular weight excluding hydrogens is 432 g/mol. The molecule has 4 aromatic rings. The number of carbonyl (C=O) groups excluding carboxylic acids is 1. The molecule has 2 heterocycles. The van der Waals surface area contributed by atoms with Crippen LogP contribution in [0.4, 0.5) is 0 Å². The van der Waals surface area contributed by atoms with Crippen LogP contribution in [0.15, 0.2) is 64.8 Å². The molecule has 1 N–H and O–H groups in total. The van der Waals surface area contributed by atoms with Gasteiger partial charge in [-0.25, -0.2) is 4.98 Å². The molecule has 0 aliphatic heterocycles. The minimum absolute atomic E-state index is 0.0715. The minimum Gasteiger partial charge on any atom is -0.457 e. The molecule has 0 spiro atoms. The molecule has 5 rings (SSSR count). The van der Waals surface area contributed by atoms with Crippen LogP contribution in [0.25, 0.3) is 21.3 Å². The number of thiophene rings is 1. The third-order valence-corrected chi connectivity index (χ3v) is 7.04. The summed E-state index contributed by atoms with van der Waals surface area (Å²) in [4.78, 5) is 33.7. The monoisotopic (exact) mass is 450 g/mol. The number of nitrogens with zero attached hydrogens (tertiary/aromatic N) is 1. The van der Waals surface area contributed by atoms with Gasteiger partial charge in [0.1, 0.15) is 17.3 Å². The number of hydrogen-bond acceptors (Lipinski definition) is 5. The largest absolute Gasteiger partial charge is 0.457 e. The fourth-order valence-corrected chi connectivity index (χ4v) is 5.17. The predicted octanol–water partition coefficient (Wildman–Crippen LogP) is 5.47. The smallest absolute Gasteiger partial charge is 0.317 e. The third-order valence-electron chi connectivity index (χ3n) is 5.91. The Morgan fingerprint density at radius 3 is 2.55 bits per heavy atom. The topological polar surface area (TPSA) is 72.0 Å². The van der Waals surface area contributed by atoms with E-state index in [-0.39, 0.29) is 18.1 Å². The Balaban J connectivity index is 1.38. The molecule has 1 saturated carbocycles. The van der Waals surface area contributed by atoms with Crippen molar-refractivity contribution in [3.05, 3.63) is 86.7 Å². The molecule has 0 atom stereocenters. The van der Waals surface area contributed by atoms with E-state index < -0.39 is 5.41 Å². The maximum Gasteiger partial charge on any atom is 0.317 e. The van der Waals surface area contributed by atoms with E-state index in [9.17, 15) is 9.59 Å². The van der Waals surface area contributed by atoms with Gasteiger partial charge >= 0.3 is 5.97 Å². The highest BCUT2D eigenvalue weighted by atomic mass is 35.5. The van der Waals surface area contributed by atoms with E-state index in [2.05, 4.69) is 9.97 Å². The highest BCUT2D eigenvalue weighted by Crippen LogP contribution is 2.45. The average Bonchev–Trinajstić information content (AvgIpc) is 3.18. The number of ether oxygens (including phenoxy) is 1. The number of hydrogen-bond donors (Lipinski definition) is 1. The van der Waals surface area contributed by atoms with Crippen molar-refractivity contribution >= 4 is 39.1 Å². The van der Waals surface area contributed by atoms with Gasteiger partial charge in [0.05, 0.1) is 10.8 Å². The van der Waals surface area contributed by atoms with E-state index >= 15 is 0 Å². The van der Waals surface area contributed by atoms with Gasteiger partial charge < -0.3 is 9.72 Å². The summed E-state index contributed by atoms with van der Waals surface area (Å²) in [7, 11) is 0. The van der Waals surface area contributed by atoms with Gasteiger partial charge in [0, 0.05) is 16.0 Å². The Bertz CT molecular complexity index is 1310. The number of H-pyrrole nitrogens is 1. The first-order valence-electron chi connectivity index (χ1n) is 10.1. The second-order valence-electron chi connectivity index (χ2n) is 7.73. The van der Waals surface area contributed by atoms with Crippen molar-refractivity contribution < 1.29 is 9.53 Å². The number of esters is 1. The van der Waals surface area contributed by atoms with Gasteiger partial charge in [-0.2, -0.15) is 0 Å². The molecule has 0 saturated heterocycles. The number of carbonyl (C=O) groups is 1. The molecule has 5 nitrogen and oxygen atoms in total. The summed E-state index contributed by atoms with van der Waals surface area (Å²) in [6, 6.07) is 17.1. The van der Waals surface area contributed by atoms with Gasteiger partial charge in [0.2, 0.25) is 0 Å². The van der Waals surface area contributed by atoms with E-state index in [1.54, 1.807) is 12.1 Å². The van der Waals surface area contributed by atoms with Crippen molar-refractivity contribution in [1.82, 2.24) is 9.97 Å². The molecule has 0 radical (unpaired) electrons. The normalized spacial score (nSPS) is 14.9. The van der Waals surface area contributed by atoms with Crippen LogP contribution in [-0.4, -0.2) is 15.9 Å². The molecule has 0 amide bonds. The van der Waals surface area contributed by atoms with Crippen LogP contribution < -0.4 is 5.56 Å². The first kappa shape index (κ1) is 20.0. The van der Waals surface area contributed by atoms with Crippen molar-refractivity contribution in [3.63, 3.8) is 0 Å². The van der Waals surface area contributed by atoms with E-state index in [4.69, 9.17) is 16.3 Å². The molecule has 31 heavy (non-hydrogen) atoms. The van der Waals surface area contributed by atoms with Crippen LogP contribution in [0.1, 0.15) is 30.7 Å². The summed E-state index contributed by atoms with van der Waals surface area (Å²) >= 11 is 7.40. The highest BCUT2D eigenvalue weighted by Gasteiger charge is 2.47. The van der Waals surface area contributed by atoms with Crippen LogP contribution in [0.2, 0.25) is 5.02 Å². The van der Waals surface area contributed by atoms with E-state index in [1.165, 1.54) is 11.3 Å². The fraction of sp³-hybridized carbons (Fsp3) is 0.208.